The topological polar surface area (TPSA) is 50.8 Å². The Hall–Kier alpha value is -0.230. The minimum Gasteiger partial charge on any atom is -0.433 e. The van der Waals surface area contributed by atoms with Crippen LogP contribution in [0.15, 0.2) is 0 Å². The molecule has 1 heterocycles. The maximum atomic E-state index is 11.2. The minimum atomic E-state index is -0.542. The molecule has 1 rings (SSSR count). The molecule has 0 atom stereocenters. The number of nitrogens with zero attached hydrogens (tertiary/aromatic N) is 1. The average molecular weight is 289 g/mol. The molecular weight excluding hydrogens is 267 g/mol. The summed E-state index contributed by atoms with van der Waals surface area (Å²) in [4.78, 5) is 13.4. The fraction of sp³-hybridized carbons (Fsp3) is 0.900. The van der Waals surface area contributed by atoms with E-state index < -0.39 is 6.16 Å². The van der Waals surface area contributed by atoms with Gasteiger partial charge in [-0.1, -0.05) is 0 Å². The summed E-state index contributed by atoms with van der Waals surface area (Å²) in [7, 11) is 3.88. The van der Waals surface area contributed by atoms with Crippen molar-refractivity contribution >= 4 is 31.0 Å². The molecule has 0 aliphatic carbocycles. The van der Waals surface area contributed by atoms with Gasteiger partial charge in [0.2, 0.25) is 0 Å². The summed E-state index contributed by atoms with van der Waals surface area (Å²) in [5.41, 5.74) is 0. The maximum Gasteiger partial charge on any atom is 0.508 e. The quantitative estimate of drug-likeness (QED) is 0.624. The lowest BCUT2D eigenvalue weighted by atomic mass is 10.1. The summed E-state index contributed by atoms with van der Waals surface area (Å²) in [6.45, 7) is 2.98. The van der Waals surface area contributed by atoms with E-state index in [1.807, 2.05) is 7.05 Å². The van der Waals surface area contributed by atoms with Crippen molar-refractivity contribution in [3.05, 3.63) is 0 Å². The number of likely N-dealkylation sites (N-methyl/N-ethyl adjacent to an activating group) is 1. The van der Waals surface area contributed by atoms with Crippen molar-refractivity contribution in [2.24, 2.45) is 0 Å². The van der Waals surface area contributed by atoms with Crippen molar-refractivity contribution < 1.29 is 14.3 Å². The summed E-state index contributed by atoms with van der Waals surface area (Å²) >= 11 is 0. The Morgan fingerprint density at radius 3 is 2.47 bits per heavy atom. The zero-order valence-corrected chi connectivity index (χ0v) is 11.9. The van der Waals surface area contributed by atoms with Crippen molar-refractivity contribution in [1.82, 2.24) is 10.2 Å². The number of carbonyl (C=O) groups is 1. The number of halogens is 2. The van der Waals surface area contributed by atoms with Gasteiger partial charge in [-0.3, -0.25) is 0 Å². The number of likely N-dealkylation sites (tertiary alicyclic amines) is 1. The molecule has 0 spiro atoms. The Balaban J connectivity index is 0. The van der Waals surface area contributed by atoms with Crippen LogP contribution in [0, 0.1) is 0 Å². The van der Waals surface area contributed by atoms with Gasteiger partial charge in [-0.25, -0.2) is 4.79 Å². The summed E-state index contributed by atoms with van der Waals surface area (Å²) < 4.78 is 10.0. The van der Waals surface area contributed by atoms with E-state index >= 15 is 0 Å². The molecule has 1 N–H and O–H groups in total. The third-order valence-corrected chi connectivity index (χ3v) is 2.50. The lowest BCUT2D eigenvalue weighted by molar-refractivity contribution is 0.00343. The van der Waals surface area contributed by atoms with Crippen molar-refractivity contribution in [2.75, 3.05) is 40.3 Å². The minimum absolute atomic E-state index is 0. The third kappa shape index (κ3) is 8.49. The van der Waals surface area contributed by atoms with Crippen LogP contribution in [0.25, 0.3) is 0 Å². The second-order valence-electron chi connectivity index (χ2n) is 3.82. The lowest BCUT2D eigenvalue weighted by Gasteiger charge is -2.28. The molecule has 0 unspecified atom stereocenters. The van der Waals surface area contributed by atoms with Crippen LogP contribution in [-0.2, 0) is 9.47 Å². The van der Waals surface area contributed by atoms with E-state index in [2.05, 4.69) is 17.3 Å². The first-order valence-corrected chi connectivity index (χ1v) is 5.39. The Morgan fingerprint density at radius 1 is 1.35 bits per heavy atom. The highest BCUT2D eigenvalue weighted by atomic mass is 35.5. The fourth-order valence-electron chi connectivity index (χ4n) is 1.51. The highest BCUT2D eigenvalue weighted by Gasteiger charge is 2.20. The van der Waals surface area contributed by atoms with Crippen molar-refractivity contribution in [3.8, 4) is 0 Å². The number of hydrogen-bond acceptors (Lipinski definition) is 5. The SMILES string of the molecule is CNCCOC(=O)OC1CCN(C)CC1.Cl.Cl. The van der Waals surface area contributed by atoms with Crippen molar-refractivity contribution in [2.45, 2.75) is 18.9 Å². The molecule has 0 bridgehead atoms. The molecule has 0 aromatic rings. The van der Waals surface area contributed by atoms with Crippen LogP contribution < -0.4 is 5.32 Å². The molecule has 104 valence electrons. The van der Waals surface area contributed by atoms with Crippen LogP contribution >= 0.6 is 24.8 Å². The first kappa shape index (κ1) is 19.1. The molecule has 1 aliphatic heterocycles. The van der Waals surface area contributed by atoms with Gasteiger partial charge in [-0.2, -0.15) is 0 Å². The first-order valence-electron chi connectivity index (χ1n) is 5.39. The van der Waals surface area contributed by atoms with E-state index in [9.17, 15) is 4.79 Å². The van der Waals surface area contributed by atoms with Gasteiger partial charge in [0.1, 0.15) is 12.7 Å². The van der Waals surface area contributed by atoms with Crippen LogP contribution in [0.4, 0.5) is 4.79 Å². The molecule has 0 saturated carbocycles. The number of nitrogens with one attached hydrogen (secondary N) is 1. The number of piperidine rings is 1. The smallest absolute Gasteiger partial charge is 0.433 e. The van der Waals surface area contributed by atoms with E-state index in [-0.39, 0.29) is 30.9 Å². The third-order valence-electron chi connectivity index (χ3n) is 2.50. The molecule has 1 aliphatic rings. The fourth-order valence-corrected chi connectivity index (χ4v) is 1.51. The molecule has 0 aromatic carbocycles. The van der Waals surface area contributed by atoms with Crippen molar-refractivity contribution in [1.29, 1.82) is 0 Å². The predicted octanol–water partition coefficient (Wildman–Crippen LogP) is 1.30. The number of hydrogen-bond donors (Lipinski definition) is 1. The van der Waals surface area contributed by atoms with Crippen LogP contribution in [0.5, 0.6) is 0 Å². The van der Waals surface area contributed by atoms with Gasteiger partial charge >= 0.3 is 6.16 Å². The van der Waals surface area contributed by atoms with Gasteiger partial charge in [0.05, 0.1) is 0 Å². The molecule has 0 aromatic heterocycles. The molecule has 17 heavy (non-hydrogen) atoms. The Labute approximate surface area is 115 Å². The van der Waals surface area contributed by atoms with E-state index in [1.54, 1.807) is 0 Å². The van der Waals surface area contributed by atoms with E-state index in [0.29, 0.717) is 13.2 Å². The molecule has 0 radical (unpaired) electrons. The lowest BCUT2D eigenvalue weighted by Crippen LogP contribution is -2.35. The van der Waals surface area contributed by atoms with Gasteiger partial charge in [-0.15, -0.1) is 24.8 Å². The second-order valence-corrected chi connectivity index (χ2v) is 3.82. The normalized spacial score (nSPS) is 16.6. The first-order chi connectivity index (χ1) is 7.22. The second kappa shape index (κ2) is 10.9. The van der Waals surface area contributed by atoms with Gasteiger partial charge in [0.15, 0.2) is 0 Å². The highest BCUT2D eigenvalue weighted by Crippen LogP contribution is 2.12. The predicted molar refractivity (Wildman–Crippen MR) is 71.4 cm³/mol. The van der Waals surface area contributed by atoms with Crippen molar-refractivity contribution in [3.63, 3.8) is 0 Å². The number of carbonyl (C=O) groups excluding carboxylic acids is 1. The van der Waals surface area contributed by atoms with E-state index in [4.69, 9.17) is 9.47 Å². The largest absolute Gasteiger partial charge is 0.508 e. The van der Waals surface area contributed by atoms with E-state index in [0.717, 1.165) is 25.9 Å². The van der Waals surface area contributed by atoms with Gasteiger partial charge in [0, 0.05) is 19.6 Å². The zero-order valence-electron chi connectivity index (χ0n) is 10.3. The average Bonchev–Trinajstić information content (AvgIpc) is 2.22. The van der Waals surface area contributed by atoms with Crippen LogP contribution in [0.3, 0.4) is 0 Å². The van der Waals surface area contributed by atoms with Crippen LogP contribution in [0.1, 0.15) is 12.8 Å². The van der Waals surface area contributed by atoms with Gasteiger partial charge < -0.3 is 19.7 Å². The zero-order chi connectivity index (χ0) is 11.1. The summed E-state index contributed by atoms with van der Waals surface area (Å²) in [5.74, 6) is 0. The summed E-state index contributed by atoms with van der Waals surface area (Å²) in [6.07, 6.45) is 1.29. The Kier molecular flexibility index (Phi) is 12.3. The number of ether oxygens (including phenoxy) is 2. The van der Waals surface area contributed by atoms with Crippen LogP contribution in [-0.4, -0.2) is 57.5 Å². The molecule has 0 amide bonds. The summed E-state index contributed by atoms with van der Waals surface area (Å²) in [6, 6.07) is 0. The van der Waals surface area contributed by atoms with Gasteiger partial charge in [0.25, 0.3) is 0 Å². The molecular formula is C10H22Cl2N2O3. The molecule has 5 nitrogen and oxygen atoms in total. The Bertz CT molecular complexity index is 200. The molecule has 1 fully saturated rings. The molecule has 7 heteroatoms. The standard InChI is InChI=1S/C10H20N2O3.2ClH/c1-11-5-8-14-10(13)15-9-3-6-12(2)7-4-9;;/h9,11H,3-8H2,1-2H3;2*1H. The molecule has 1 saturated heterocycles. The van der Waals surface area contributed by atoms with Crippen LogP contribution in [0.2, 0.25) is 0 Å². The van der Waals surface area contributed by atoms with E-state index in [1.165, 1.54) is 0 Å². The maximum absolute atomic E-state index is 11.2. The van der Waals surface area contributed by atoms with Gasteiger partial charge in [-0.05, 0) is 26.9 Å². The highest BCUT2D eigenvalue weighted by molar-refractivity contribution is 5.85. The summed E-state index contributed by atoms with van der Waals surface area (Å²) in [5, 5.41) is 2.89. The Morgan fingerprint density at radius 2 is 1.94 bits per heavy atom. The number of rotatable bonds is 4. The monoisotopic (exact) mass is 288 g/mol.